The van der Waals surface area contributed by atoms with Gasteiger partial charge < -0.3 is 10.8 Å². The lowest BCUT2D eigenvalue weighted by Crippen LogP contribution is -2.04. The molecule has 0 aromatic heterocycles. The summed E-state index contributed by atoms with van der Waals surface area (Å²) in [6, 6.07) is 12.7. The molecular weight excluding hydrogens is 234 g/mol. The Hall–Kier alpha value is -1.51. The molecule has 2 rings (SSSR count). The van der Waals surface area contributed by atoms with E-state index in [0.717, 1.165) is 16.7 Å². The van der Waals surface area contributed by atoms with E-state index >= 15 is 0 Å². The first kappa shape index (κ1) is 12.0. The molecule has 0 aliphatic heterocycles. The highest BCUT2D eigenvalue weighted by molar-refractivity contribution is 6.30. The van der Waals surface area contributed by atoms with Crippen molar-refractivity contribution in [3.63, 3.8) is 0 Å². The van der Waals surface area contributed by atoms with Gasteiger partial charge in [0, 0.05) is 16.6 Å². The summed E-state index contributed by atoms with van der Waals surface area (Å²) >= 11 is 5.94. The Kier molecular flexibility index (Phi) is 3.36. The normalized spacial score (nSPS) is 12.4. The van der Waals surface area contributed by atoms with Gasteiger partial charge in [0.15, 0.2) is 0 Å². The van der Waals surface area contributed by atoms with Gasteiger partial charge >= 0.3 is 0 Å². The van der Waals surface area contributed by atoms with Crippen LogP contribution in [0.25, 0.3) is 11.1 Å². The number of nitrogens with two attached hydrogens (primary N) is 1. The maximum atomic E-state index is 9.88. The number of rotatable bonds is 2. The minimum atomic E-state index is -0.0615. The van der Waals surface area contributed by atoms with Crippen LogP contribution >= 0.6 is 11.6 Å². The van der Waals surface area contributed by atoms with Crippen LogP contribution in [0.15, 0.2) is 42.5 Å². The molecule has 0 saturated carbocycles. The Morgan fingerprint density at radius 2 is 1.94 bits per heavy atom. The predicted molar refractivity (Wildman–Crippen MR) is 71.2 cm³/mol. The van der Waals surface area contributed by atoms with Crippen molar-refractivity contribution in [2.24, 2.45) is 5.73 Å². The zero-order chi connectivity index (χ0) is 12.4. The summed E-state index contributed by atoms with van der Waals surface area (Å²) < 4.78 is 0. The van der Waals surface area contributed by atoms with Crippen molar-refractivity contribution in [3.05, 3.63) is 53.1 Å². The van der Waals surface area contributed by atoms with Crippen molar-refractivity contribution < 1.29 is 5.11 Å². The second-order valence-corrected chi connectivity index (χ2v) is 4.51. The summed E-state index contributed by atoms with van der Waals surface area (Å²) in [6.07, 6.45) is 0. The molecule has 3 N–H and O–H groups in total. The number of hydrogen-bond acceptors (Lipinski definition) is 2. The van der Waals surface area contributed by atoms with Crippen LogP contribution in [0.3, 0.4) is 0 Å². The third-order valence-electron chi connectivity index (χ3n) is 2.68. The molecule has 0 saturated heterocycles. The van der Waals surface area contributed by atoms with Gasteiger partial charge in [0.2, 0.25) is 0 Å². The molecule has 0 aliphatic carbocycles. The lowest BCUT2D eigenvalue weighted by molar-refractivity contribution is 0.477. The fourth-order valence-corrected chi connectivity index (χ4v) is 1.91. The van der Waals surface area contributed by atoms with Crippen LogP contribution < -0.4 is 5.73 Å². The van der Waals surface area contributed by atoms with Gasteiger partial charge in [0.05, 0.1) is 0 Å². The van der Waals surface area contributed by atoms with Crippen LogP contribution in [0.1, 0.15) is 18.5 Å². The molecular formula is C14H14ClNO. The molecule has 1 unspecified atom stereocenters. The van der Waals surface area contributed by atoms with Crippen molar-refractivity contribution in [3.8, 4) is 16.9 Å². The fourth-order valence-electron chi connectivity index (χ4n) is 1.72. The summed E-state index contributed by atoms with van der Waals surface area (Å²) in [7, 11) is 0. The zero-order valence-electron chi connectivity index (χ0n) is 9.52. The molecule has 17 heavy (non-hydrogen) atoms. The average molecular weight is 248 g/mol. The second-order valence-electron chi connectivity index (χ2n) is 4.08. The first-order chi connectivity index (χ1) is 8.08. The third kappa shape index (κ3) is 2.60. The SMILES string of the molecule is CC(N)c1ccc(O)c(-c2cccc(Cl)c2)c1. The molecule has 0 amide bonds. The fraction of sp³-hybridized carbons (Fsp3) is 0.143. The number of halogens is 1. The van der Waals surface area contributed by atoms with Crippen molar-refractivity contribution in [2.45, 2.75) is 13.0 Å². The van der Waals surface area contributed by atoms with Crippen molar-refractivity contribution >= 4 is 11.6 Å². The molecule has 1 atom stereocenters. The molecule has 0 radical (unpaired) electrons. The molecule has 0 fully saturated rings. The second kappa shape index (κ2) is 4.78. The van der Waals surface area contributed by atoms with Gasteiger partial charge in [0.25, 0.3) is 0 Å². The van der Waals surface area contributed by atoms with Gasteiger partial charge in [-0.15, -0.1) is 0 Å². The first-order valence-corrected chi connectivity index (χ1v) is 5.80. The molecule has 2 aromatic carbocycles. The van der Waals surface area contributed by atoms with E-state index in [4.69, 9.17) is 17.3 Å². The lowest BCUT2D eigenvalue weighted by Gasteiger charge is -2.10. The molecule has 88 valence electrons. The number of phenols is 1. The van der Waals surface area contributed by atoms with Crippen LogP contribution in [-0.4, -0.2) is 5.11 Å². The highest BCUT2D eigenvalue weighted by atomic mass is 35.5. The molecule has 3 heteroatoms. The summed E-state index contributed by atoms with van der Waals surface area (Å²) in [6.45, 7) is 1.91. The topological polar surface area (TPSA) is 46.2 Å². The minimum Gasteiger partial charge on any atom is -0.507 e. The maximum Gasteiger partial charge on any atom is 0.123 e. The number of phenolic OH excluding ortho intramolecular Hbond substituents is 1. The molecule has 0 heterocycles. The van der Waals surface area contributed by atoms with E-state index in [0.29, 0.717) is 5.02 Å². The van der Waals surface area contributed by atoms with E-state index in [2.05, 4.69) is 0 Å². The van der Waals surface area contributed by atoms with E-state index < -0.39 is 0 Å². The summed E-state index contributed by atoms with van der Waals surface area (Å²) in [5, 5.41) is 10.5. The Labute approximate surface area is 106 Å². The van der Waals surface area contributed by atoms with Crippen LogP contribution in [0.2, 0.25) is 5.02 Å². The smallest absolute Gasteiger partial charge is 0.123 e. The summed E-state index contributed by atoms with van der Waals surface area (Å²) in [5.41, 5.74) is 8.46. The first-order valence-electron chi connectivity index (χ1n) is 5.42. The van der Waals surface area contributed by atoms with Gasteiger partial charge in [0.1, 0.15) is 5.75 Å². The Bertz CT molecular complexity index is 537. The molecule has 0 spiro atoms. The van der Waals surface area contributed by atoms with Crippen molar-refractivity contribution in [1.29, 1.82) is 0 Å². The zero-order valence-corrected chi connectivity index (χ0v) is 10.3. The average Bonchev–Trinajstić information content (AvgIpc) is 2.29. The Morgan fingerprint density at radius 3 is 2.59 bits per heavy atom. The largest absolute Gasteiger partial charge is 0.507 e. The van der Waals surface area contributed by atoms with Gasteiger partial charge in [-0.3, -0.25) is 0 Å². The quantitative estimate of drug-likeness (QED) is 0.849. The van der Waals surface area contributed by atoms with Gasteiger partial charge in [-0.2, -0.15) is 0 Å². The van der Waals surface area contributed by atoms with E-state index in [1.54, 1.807) is 12.1 Å². The number of benzene rings is 2. The van der Waals surface area contributed by atoms with Crippen LogP contribution in [0.4, 0.5) is 0 Å². The summed E-state index contributed by atoms with van der Waals surface area (Å²) in [4.78, 5) is 0. The number of hydrogen-bond donors (Lipinski definition) is 2. The van der Waals surface area contributed by atoms with E-state index in [-0.39, 0.29) is 11.8 Å². The van der Waals surface area contributed by atoms with Gasteiger partial charge in [-0.1, -0.05) is 29.8 Å². The van der Waals surface area contributed by atoms with Crippen molar-refractivity contribution in [1.82, 2.24) is 0 Å². The predicted octanol–water partition coefficient (Wildman–Crippen LogP) is 3.73. The highest BCUT2D eigenvalue weighted by Gasteiger charge is 2.08. The Balaban J connectivity index is 2.54. The standard InChI is InChI=1S/C14H14ClNO/c1-9(16)10-5-6-14(17)13(8-10)11-3-2-4-12(15)7-11/h2-9,17H,16H2,1H3. The minimum absolute atomic E-state index is 0.0615. The highest BCUT2D eigenvalue weighted by Crippen LogP contribution is 2.32. The van der Waals surface area contributed by atoms with Crippen molar-refractivity contribution in [2.75, 3.05) is 0 Å². The molecule has 0 bridgehead atoms. The molecule has 2 aromatic rings. The van der Waals surface area contributed by atoms with Gasteiger partial charge in [-0.25, -0.2) is 0 Å². The van der Waals surface area contributed by atoms with Gasteiger partial charge in [-0.05, 0) is 42.3 Å². The maximum absolute atomic E-state index is 9.88. The third-order valence-corrected chi connectivity index (χ3v) is 2.92. The lowest BCUT2D eigenvalue weighted by atomic mass is 9.99. The Morgan fingerprint density at radius 1 is 1.18 bits per heavy atom. The van der Waals surface area contributed by atoms with Crippen LogP contribution in [-0.2, 0) is 0 Å². The molecule has 2 nitrogen and oxygen atoms in total. The number of aromatic hydroxyl groups is 1. The van der Waals surface area contributed by atoms with Crippen LogP contribution in [0, 0.1) is 0 Å². The molecule has 0 aliphatic rings. The van der Waals surface area contributed by atoms with E-state index in [1.165, 1.54) is 0 Å². The van der Waals surface area contributed by atoms with Crippen LogP contribution in [0.5, 0.6) is 5.75 Å². The summed E-state index contributed by atoms with van der Waals surface area (Å²) in [5.74, 6) is 0.233. The van der Waals surface area contributed by atoms with E-state index in [1.807, 2.05) is 37.3 Å². The van der Waals surface area contributed by atoms with E-state index in [9.17, 15) is 5.11 Å². The monoisotopic (exact) mass is 247 g/mol.